The molecular formula is C21H21N5O. The molecule has 5 rings (SSSR count). The number of anilines is 2. The van der Waals surface area contributed by atoms with Crippen molar-refractivity contribution >= 4 is 33.4 Å². The second-order valence-corrected chi connectivity index (χ2v) is 6.74. The summed E-state index contributed by atoms with van der Waals surface area (Å²) in [4.78, 5) is 17.4. The zero-order chi connectivity index (χ0) is 18.2. The molecular weight excluding hydrogens is 338 g/mol. The van der Waals surface area contributed by atoms with Crippen molar-refractivity contribution in [2.45, 2.75) is 0 Å². The first-order valence-electron chi connectivity index (χ1n) is 9.19. The Bertz CT molecular complexity index is 1080. The SMILES string of the molecule is COc1cccc2[nH]c3c(N4CCN(c5ccccc5)CC4)ncnc3c12. The Morgan fingerprint density at radius 2 is 1.67 bits per heavy atom. The van der Waals surface area contributed by atoms with E-state index in [0.29, 0.717) is 0 Å². The van der Waals surface area contributed by atoms with Crippen molar-refractivity contribution < 1.29 is 4.74 Å². The molecule has 3 heterocycles. The molecule has 1 aliphatic heterocycles. The van der Waals surface area contributed by atoms with Crippen LogP contribution in [0.5, 0.6) is 5.75 Å². The van der Waals surface area contributed by atoms with Crippen molar-refractivity contribution in [1.82, 2.24) is 15.0 Å². The molecule has 27 heavy (non-hydrogen) atoms. The Labute approximate surface area is 157 Å². The number of methoxy groups -OCH3 is 1. The Morgan fingerprint density at radius 1 is 0.889 bits per heavy atom. The minimum Gasteiger partial charge on any atom is -0.496 e. The largest absolute Gasteiger partial charge is 0.496 e. The van der Waals surface area contributed by atoms with Crippen LogP contribution in [-0.2, 0) is 0 Å². The molecule has 6 heteroatoms. The Morgan fingerprint density at radius 3 is 2.44 bits per heavy atom. The van der Waals surface area contributed by atoms with Crippen LogP contribution in [0.4, 0.5) is 11.5 Å². The van der Waals surface area contributed by atoms with Crippen LogP contribution in [0.15, 0.2) is 54.9 Å². The quantitative estimate of drug-likeness (QED) is 0.607. The maximum atomic E-state index is 5.54. The van der Waals surface area contributed by atoms with Gasteiger partial charge < -0.3 is 19.5 Å². The summed E-state index contributed by atoms with van der Waals surface area (Å²) in [6, 6.07) is 16.6. The first kappa shape index (κ1) is 15.9. The van der Waals surface area contributed by atoms with Gasteiger partial charge in [-0.05, 0) is 24.3 Å². The predicted octanol–water partition coefficient (Wildman–Crippen LogP) is 3.45. The van der Waals surface area contributed by atoms with E-state index in [1.807, 2.05) is 12.1 Å². The molecule has 0 amide bonds. The molecule has 0 unspecified atom stereocenters. The van der Waals surface area contributed by atoms with E-state index in [4.69, 9.17) is 4.74 Å². The zero-order valence-electron chi connectivity index (χ0n) is 15.2. The van der Waals surface area contributed by atoms with Crippen LogP contribution >= 0.6 is 0 Å². The predicted molar refractivity (Wildman–Crippen MR) is 109 cm³/mol. The Balaban J connectivity index is 1.49. The fourth-order valence-electron chi connectivity index (χ4n) is 3.92. The summed E-state index contributed by atoms with van der Waals surface area (Å²) < 4.78 is 5.54. The second-order valence-electron chi connectivity index (χ2n) is 6.74. The number of aromatic amines is 1. The van der Waals surface area contributed by atoms with Crippen LogP contribution in [0.25, 0.3) is 21.9 Å². The van der Waals surface area contributed by atoms with Crippen molar-refractivity contribution in [2.24, 2.45) is 0 Å². The van der Waals surface area contributed by atoms with Crippen molar-refractivity contribution in [3.8, 4) is 5.75 Å². The standard InChI is InChI=1S/C21H21N5O/c1-27-17-9-5-8-16-18(17)19-20(24-16)21(23-14-22-19)26-12-10-25(11-13-26)15-6-3-2-4-7-15/h2-9,14,24H,10-13H2,1H3. The number of fused-ring (bicyclic) bond motifs is 3. The van der Waals surface area contributed by atoms with Gasteiger partial charge in [0, 0.05) is 31.9 Å². The number of H-pyrrole nitrogens is 1. The number of aromatic nitrogens is 3. The summed E-state index contributed by atoms with van der Waals surface area (Å²) in [5, 5.41) is 1.02. The summed E-state index contributed by atoms with van der Waals surface area (Å²) in [5.41, 5.74) is 4.19. The third-order valence-electron chi connectivity index (χ3n) is 5.27. The van der Waals surface area contributed by atoms with Crippen LogP contribution in [0, 0.1) is 0 Å². The molecule has 136 valence electrons. The maximum absolute atomic E-state index is 5.54. The molecule has 0 atom stereocenters. The molecule has 2 aromatic carbocycles. The zero-order valence-corrected chi connectivity index (χ0v) is 15.2. The molecule has 0 radical (unpaired) electrons. The van der Waals surface area contributed by atoms with Crippen LogP contribution < -0.4 is 14.5 Å². The van der Waals surface area contributed by atoms with E-state index in [1.165, 1.54) is 5.69 Å². The van der Waals surface area contributed by atoms with Gasteiger partial charge in [0.25, 0.3) is 0 Å². The number of nitrogens with zero attached hydrogens (tertiary/aromatic N) is 4. The van der Waals surface area contributed by atoms with Crippen molar-refractivity contribution in [2.75, 3.05) is 43.1 Å². The summed E-state index contributed by atoms with van der Waals surface area (Å²) in [5.74, 6) is 1.79. The molecule has 0 bridgehead atoms. The van der Waals surface area contributed by atoms with Gasteiger partial charge in [-0.2, -0.15) is 0 Å². The highest BCUT2D eigenvalue weighted by atomic mass is 16.5. The average Bonchev–Trinajstić information content (AvgIpc) is 3.13. The van der Waals surface area contributed by atoms with E-state index in [-0.39, 0.29) is 0 Å². The number of piperazine rings is 1. The van der Waals surface area contributed by atoms with Gasteiger partial charge in [-0.15, -0.1) is 0 Å². The lowest BCUT2D eigenvalue weighted by Crippen LogP contribution is -2.46. The fourth-order valence-corrected chi connectivity index (χ4v) is 3.92. The fraction of sp³-hybridized carbons (Fsp3) is 0.238. The summed E-state index contributed by atoms with van der Waals surface area (Å²) in [7, 11) is 1.69. The highest BCUT2D eigenvalue weighted by molar-refractivity contribution is 6.11. The van der Waals surface area contributed by atoms with Gasteiger partial charge in [-0.3, -0.25) is 0 Å². The van der Waals surface area contributed by atoms with E-state index in [1.54, 1.807) is 13.4 Å². The highest BCUT2D eigenvalue weighted by Crippen LogP contribution is 2.35. The monoisotopic (exact) mass is 359 g/mol. The van der Waals surface area contributed by atoms with Crippen molar-refractivity contribution in [1.29, 1.82) is 0 Å². The molecule has 2 aromatic heterocycles. The molecule has 6 nitrogen and oxygen atoms in total. The van der Waals surface area contributed by atoms with Crippen molar-refractivity contribution in [3.63, 3.8) is 0 Å². The Hall–Kier alpha value is -3.28. The van der Waals surface area contributed by atoms with E-state index < -0.39 is 0 Å². The summed E-state index contributed by atoms with van der Waals surface area (Å²) in [6.07, 6.45) is 1.65. The molecule has 1 aliphatic rings. The van der Waals surface area contributed by atoms with Gasteiger partial charge in [-0.1, -0.05) is 24.3 Å². The number of hydrogen-bond donors (Lipinski definition) is 1. The molecule has 1 fully saturated rings. The van der Waals surface area contributed by atoms with Gasteiger partial charge in [0.1, 0.15) is 23.1 Å². The van der Waals surface area contributed by atoms with Gasteiger partial charge in [0.2, 0.25) is 0 Å². The number of rotatable bonds is 3. The second kappa shape index (κ2) is 6.46. The number of hydrogen-bond acceptors (Lipinski definition) is 5. The highest BCUT2D eigenvalue weighted by Gasteiger charge is 2.22. The number of para-hydroxylation sites is 1. The van der Waals surface area contributed by atoms with Crippen LogP contribution in [-0.4, -0.2) is 48.2 Å². The van der Waals surface area contributed by atoms with Gasteiger partial charge in [-0.25, -0.2) is 9.97 Å². The number of benzene rings is 2. The van der Waals surface area contributed by atoms with Crippen LogP contribution in [0.1, 0.15) is 0 Å². The Kier molecular flexibility index (Phi) is 3.81. The maximum Gasteiger partial charge on any atom is 0.156 e. The first-order chi connectivity index (χ1) is 13.3. The van der Waals surface area contributed by atoms with E-state index in [2.05, 4.69) is 61.1 Å². The third kappa shape index (κ3) is 2.65. The molecule has 4 aromatic rings. The van der Waals surface area contributed by atoms with E-state index in [9.17, 15) is 0 Å². The smallest absolute Gasteiger partial charge is 0.156 e. The lowest BCUT2D eigenvalue weighted by molar-refractivity contribution is 0.420. The van der Waals surface area contributed by atoms with Gasteiger partial charge in [0.05, 0.1) is 18.0 Å². The average molecular weight is 359 g/mol. The van der Waals surface area contributed by atoms with Crippen molar-refractivity contribution in [3.05, 3.63) is 54.9 Å². The topological polar surface area (TPSA) is 57.3 Å². The van der Waals surface area contributed by atoms with Crippen LogP contribution in [0.2, 0.25) is 0 Å². The van der Waals surface area contributed by atoms with E-state index in [0.717, 1.165) is 59.7 Å². The molecule has 0 spiro atoms. The van der Waals surface area contributed by atoms with Gasteiger partial charge >= 0.3 is 0 Å². The molecule has 0 saturated carbocycles. The minimum absolute atomic E-state index is 0.831. The lowest BCUT2D eigenvalue weighted by Gasteiger charge is -2.36. The van der Waals surface area contributed by atoms with Crippen LogP contribution in [0.3, 0.4) is 0 Å². The lowest BCUT2D eigenvalue weighted by atomic mass is 10.2. The number of ether oxygens (including phenoxy) is 1. The summed E-state index contributed by atoms with van der Waals surface area (Å²) in [6.45, 7) is 3.79. The minimum atomic E-state index is 0.831. The molecule has 1 saturated heterocycles. The van der Waals surface area contributed by atoms with Gasteiger partial charge in [0.15, 0.2) is 5.82 Å². The summed E-state index contributed by atoms with van der Waals surface area (Å²) >= 11 is 0. The third-order valence-corrected chi connectivity index (χ3v) is 5.27. The molecule has 1 N–H and O–H groups in total. The first-order valence-corrected chi connectivity index (χ1v) is 9.19. The van der Waals surface area contributed by atoms with E-state index >= 15 is 0 Å². The number of nitrogens with one attached hydrogen (secondary N) is 1. The normalized spacial score (nSPS) is 14.9. The molecule has 0 aliphatic carbocycles.